The first-order valence-electron chi connectivity index (χ1n) is 13.3. The lowest BCUT2D eigenvalue weighted by Gasteiger charge is -2.24. The lowest BCUT2D eigenvalue weighted by Crippen LogP contribution is -2.38. The van der Waals surface area contributed by atoms with Crippen LogP contribution in [-0.2, 0) is 16.6 Å². The van der Waals surface area contributed by atoms with Gasteiger partial charge in [-0.05, 0) is 98.2 Å². The molecular weight excluding hydrogens is 475 g/mol. The van der Waals surface area contributed by atoms with Crippen molar-refractivity contribution in [2.75, 3.05) is 0 Å². The highest BCUT2D eigenvalue weighted by atomic mass is 32.2. The molecule has 4 aliphatic rings. The van der Waals surface area contributed by atoms with E-state index in [0.29, 0.717) is 36.2 Å². The van der Waals surface area contributed by atoms with Crippen LogP contribution in [0.2, 0.25) is 0 Å². The quantitative estimate of drug-likeness (QED) is 0.456. The molecule has 3 saturated carbocycles. The second kappa shape index (κ2) is 7.67. The fraction of sp³-hybridized carbons (Fsp3) is 0.483. The molecule has 1 aliphatic heterocycles. The Kier molecular flexibility index (Phi) is 4.80. The summed E-state index contributed by atoms with van der Waals surface area (Å²) in [6.45, 7) is 2.52. The Balaban J connectivity index is 1.40. The predicted octanol–water partition coefficient (Wildman–Crippen LogP) is 6.22. The zero-order valence-electron chi connectivity index (χ0n) is 20.5. The van der Waals surface area contributed by atoms with E-state index in [1.165, 1.54) is 30.5 Å². The Labute approximate surface area is 211 Å². The fourth-order valence-corrected chi connectivity index (χ4v) is 7.92. The van der Waals surface area contributed by atoms with Crippen LogP contribution >= 0.6 is 0 Å². The van der Waals surface area contributed by atoms with Crippen LogP contribution in [0.1, 0.15) is 91.6 Å². The molecule has 3 aromatic rings. The van der Waals surface area contributed by atoms with Gasteiger partial charge in [-0.2, -0.15) is 0 Å². The van der Waals surface area contributed by atoms with Crippen LogP contribution in [-0.4, -0.2) is 23.6 Å². The zero-order valence-corrected chi connectivity index (χ0v) is 21.3. The molecule has 36 heavy (non-hydrogen) atoms. The molecule has 7 rings (SSSR count). The monoisotopic (exact) mass is 506 g/mol. The number of fused-ring (bicyclic) bond motifs is 7. The molecule has 2 aromatic carbocycles. The van der Waals surface area contributed by atoms with Gasteiger partial charge in [0.15, 0.2) is 0 Å². The van der Waals surface area contributed by atoms with Crippen molar-refractivity contribution in [1.29, 1.82) is 0 Å². The summed E-state index contributed by atoms with van der Waals surface area (Å²) in [5, 5.41) is 1.14. The molecule has 1 amide bonds. The number of benzene rings is 2. The standard InChI is InChI=1S/C29H31FN2O3S/c1-29(11-12-29)36(34,35)31-28(33)18-7-9-22-25(14-18)32-16-19-13-23(19)24-15-20(30)8-10-21(24)27(32)26(22)17-5-3-2-4-6-17/h7-10,14-15,17,19,23H,2-6,11-13,16H2,1H3,(H,31,33). The average molecular weight is 507 g/mol. The molecule has 3 aliphatic carbocycles. The van der Waals surface area contributed by atoms with Crippen molar-refractivity contribution in [2.24, 2.45) is 5.92 Å². The molecule has 0 spiro atoms. The van der Waals surface area contributed by atoms with Crippen molar-refractivity contribution in [3.8, 4) is 11.3 Å². The van der Waals surface area contributed by atoms with E-state index in [4.69, 9.17) is 0 Å². The summed E-state index contributed by atoms with van der Waals surface area (Å²) >= 11 is 0. The molecule has 0 saturated heterocycles. The topological polar surface area (TPSA) is 68.2 Å². The molecule has 7 heteroatoms. The van der Waals surface area contributed by atoms with E-state index in [0.717, 1.165) is 47.8 Å². The molecular formula is C29H31FN2O3S. The minimum Gasteiger partial charge on any atom is -0.340 e. The maximum Gasteiger partial charge on any atom is 0.264 e. The van der Waals surface area contributed by atoms with Crippen LogP contribution < -0.4 is 4.72 Å². The van der Waals surface area contributed by atoms with Crippen LogP contribution in [0.25, 0.3) is 22.2 Å². The average Bonchev–Trinajstić information content (AvgIpc) is 3.77. The summed E-state index contributed by atoms with van der Waals surface area (Å²) in [6.07, 6.45) is 8.13. The number of carbonyl (C=O) groups is 1. The minimum atomic E-state index is -3.71. The lowest BCUT2D eigenvalue weighted by atomic mass is 9.81. The highest BCUT2D eigenvalue weighted by molar-refractivity contribution is 7.91. The van der Waals surface area contributed by atoms with Crippen LogP contribution in [0.4, 0.5) is 4.39 Å². The molecule has 2 heterocycles. The molecule has 1 N–H and O–H groups in total. The van der Waals surface area contributed by atoms with Crippen LogP contribution in [0.3, 0.4) is 0 Å². The van der Waals surface area contributed by atoms with Crippen LogP contribution in [0.15, 0.2) is 36.4 Å². The van der Waals surface area contributed by atoms with Gasteiger partial charge in [0, 0.05) is 28.6 Å². The van der Waals surface area contributed by atoms with Crippen molar-refractivity contribution in [3.63, 3.8) is 0 Å². The summed E-state index contributed by atoms with van der Waals surface area (Å²) in [7, 11) is -3.71. The molecule has 3 fully saturated rings. The normalized spacial score (nSPS) is 24.4. The van der Waals surface area contributed by atoms with Gasteiger partial charge in [-0.15, -0.1) is 0 Å². The molecule has 2 atom stereocenters. The molecule has 5 nitrogen and oxygen atoms in total. The SMILES string of the molecule is CC1(S(=O)(=O)NC(=O)c2ccc3c(C4CCCCC4)c4n(c3c2)CC2CC2c2cc(F)ccc2-4)CC1. The highest BCUT2D eigenvalue weighted by Gasteiger charge is 2.51. The Morgan fingerprint density at radius 1 is 1.08 bits per heavy atom. The Morgan fingerprint density at radius 2 is 1.86 bits per heavy atom. The number of rotatable bonds is 4. The molecule has 0 bridgehead atoms. The largest absolute Gasteiger partial charge is 0.340 e. The molecule has 2 unspecified atom stereocenters. The third-order valence-electron chi connectivity index (χ3n) is 9.22. The predicted molar refractivity (Wildman–Crippen MR) is 138 cm³/mol. The van der Waals surface area contributed by atoms with Crippen LogP contribution in [0.5, 0.6) is 0 Å². The van der Waals surface area contributed by atoms with Gasteiger partial charge in [-0.1, -0.05) is 25.3 Å². The van der Waals surface area contributed by atoms with E-state index in [1.807, 2.05) is 18.2 Å². The highest BCUT2D eigenvalue weighted by Crippen LogP contribution is 2.57. The lowest BCUT2D eigenvalue weighted by molar-refractivity contribution is 0.0981. The van der Waals surface area contributed by atoms with Gasteiger partial charge in [0.1, 0.15) is 5.82 Å². The van der Waals surface area contributed by atoms with E-state index >= 15 is 0 Å². The van der Waals surface area contributed by atoms with Gasteiger partial charge in [0.2, 0.25) is 10.0 Å². The van der Waals surface area contributed by atoms with E-state index < -0.39 is 20.7 Å². The number of nitrogens with one attached hydrogen (secondary N) is 1. The Bertz CT molecular complexity index is 1530. The molecule has 188 valence electrons. The second-order valence-electron chi connectivity index (χ2n) is 11.7. The summed E-state index contributed by atoms with van der Waals surface area (Å²) in [4.78, 5) is 13.1. The summed E-state index contributed by atoms with van der Waals surface area (Å²) in [6, 6.07) is 10.9. The van der Waals surface area contributed by atoms with Gasteiger partial charge < -0.3 is 4.57 Å². The molecule has 0 radical (unpaired) electrons. The number of aromatic nitrogens is 1. The van der Waals surface area contributed by atoms with E-state index in [9.17, 15) is 17.6 Å². The van der Waals surface area contributed by atoms with Crippen molar-refractivity contribution in [2.45, 2.75) is 81.4 Å². The number of halogens is 1. The van der Waals surface area contributed by atoms with E-state index in [1.54, 1.807) is 25.1 Å². The van der Waals surface area contributed by atoms with Crippen molar-refractivity contribution >= 4 is 26.8 Å². The number of carbonyl (C=O) groups excluding carboxylic acids is 1. The first-order valence-corrected chi connectivity index (χ1v) is 14.8. The zero-order chi connectivity index (χ0) is 24.8. The summed E-state index contributed by atoms with van der Waals surface area (Å²) in [5.41, 5.74) is 6.07. The number of sulfonamides is 1. The minimum absolute atomic E-state index is 0.187. The van der Waals surface area contributed by atoms with Crippen molar-refractivity contribution < 1.29 is 17.6 Å². The van der Waals surface area contributed by atoms with Gasteiger partial charge in [0.05, 0.1) is 10.4 Å². The first kappa shape index (κ1) is 22.5. The maximum absolute atomic E-state index is 14.3. The van der Waals surface area contributed by atoms with Gasteiger partial charge in [0.25, 0.3) is 5.91 Å². The number of nitrogens with zero attached hydrogens (tertiary/aromatic N) is 1. The summed E-state index contributed by atoms with van der Waals surface area (Å²) in [5.74, 6) is 0.502. The second-order valence-corrected chi connectivity index (χ2v) is 13.9. The van der Waals surface area contributed by atoms with Crippen LogP contribution in [0, 0.1) is 11.7 Å². The number of hydrogen-bond donors (Lipinski definition) is 1. The van der Waals surface area contributed by atoms with Crippen molar-refractivity contribution in [3.05, 3.63) is 58.9 Å². The number of hydrogen-bond acceptors (Lipinski definition) is 3. The number of amides is 1. The third kappa shape index (κ3) is 3.38. The Morgan fingerprint density at radius 3 is 2.61 bits per heavy atom. The summed E-state index contributed by atoms with van der Waals surface area (Å²) < 4.78 is 43.5. The smallest absolute Gasteiger partial charge is 0.264 e. The van der Waals surface area contributed by atoms with Gasteiger partial charge >= 0.3 is 0 Å². The maximum atomic E-state index is 14.3. The van der Waals surface area contributed by atoms with E-state index in [2.05, 4.69) is 9.29 Å². The fourth-order valence-electron chi connectivity index (χ4n) is 6.67. The van der Waals surface area contributed by atoms with Gasteiger partial charge in [-0.3, -0.25) is 4.79 Å². The van der Waals surface area contributed by atoms with E-state index in [-0.39, 0.29) is 5.82 Å². The molecule has 1 aromatic heterocycles. The van der Waals surface area contributed by atoms with Gasteiger partial charge in [-0.25, -0.2) is 17.5 Å². The third-order valence-corrected chi connectivity index (χ3v) is 11.4. The Hall–Kier alpha value is -2.67. The van der Waals surface area contributed by atoms with Crippen molar-refractivity contribution in [1.82, 2.24) is 9.29 Å². The first-order chi connectivity index (χ1) is 17.3.